The van der Waals surface area contributed by atoms with Crippen molar-refractivity contribution in [3.8, 4) is 5.75 Å². The third kappa shape index (κ3) is 3.26. The lowest BCUT2D eigenvalue weighted by atomic mass is 10.1. The van der Waals surface area contributed by atoms with Crippen LogP contribution < -0.4 is 20.7 Å². The maximum Gasteiger partial charge on any atom is 0.268 e. The maximum absolute atomic E-state index is 12.3. The van der Waals surface area contributed by atoms with Gasteiger partial charge in [-0.15, -0.1) is 0 Å². The van der Waals surface area contributed by atoms with Gasteiger partial charge >= 0.3 is 0 Å². The highest BCUT2D eigenvalue weighted by atomic mass is 16.5. The Morgan fingerprint density at radius 3 is 2.90 bits per heavy atom. The monoisotopic (exact) mass is 291 g/mol. The van der Waals surface area contributed by atoms with Crippen LogP contribution in [0.2, 0.25) is 0 Å². The summed E-state index contributed by atoms with van der Waals surface area (Å²) in [5, 5.41) is 2.86. The fourth-order valence-electron chi connectivity index (χ4n) is 2.16. The van der Waals surface area contributed by atoms with Crippen LogP contribution in [-0.2, 0) is 9.59 Å². The summed E-state index contributed by atoms with van der Waals surface area (Å²) in [4.78, 5) is 25.7. The van der Waals surface area contributed by atoms with E-state index >= 15 is 0 Å². The zero-order valence-electron chi connectivity index (χ0n) is 12.6. The number of nitrogens with zero attached hydrogens (tertiary/aromatic N) is 1. The number of hydrogen-bond acceptors (Lipinski definition) is 4. The van der Waals surface area contributed by atoms with Crippen LogP contribution in [0.15, 0.2) is 18.2 Å². The number of hydrogen-bond donors (Lipinski definition) is 2. The van der Waals surface area contributed by atoms with E-state index in [0.29, 0.717) is 17.1 Å². The fraction of sp³-hybridized carbons (Fsp3) is 0.467. The first-order valence-electron chi connectivity index (χ1n) is 7.09. The summed E-state index contributed by atoms with van der Waals surface area (Å²) in [7, 11) is 0. The fourth-order valence-corrected chi connectivity index (χ4v) is 2.16. The van der Waals surface area contributed by atoms with E-state index in [1.54, 1.807) is 25.1 Å². The Hall–Kier alpha value is -2.24. The lowest BCUT2D eigenvalue weighted by molar-refractivity contribution is -0.128. The normalized spacial score (nSPS) is 18.7. The third-order valence-electron chi connectivity index (χ3n) is 3.51. The number of nitrogens with two attached hydrogens (primary N) is 1. The van der Waals surface area contributed by atoms with Crippen LogP contribution in [-0.4, -0.2) is 30.5 Å². The first-order chi connectivity index (χ1) is 9.92. The minimum Gasteiger partial charge on any atom is -0.479 e. The van der Waals surface area contributed by atoms with Gasteiger partial charge in [-0.05, 0) is 32.4 Å². The molecule has 0 spiro atoms. The van der Waals surface area contributed by atoms with Crippen LogP contribution in [0.1, 0.15) is 27.2 Å². The van der Waals surface area contributed by atoms with E-state index in [1.807, 2.05) is 13.8 Å². The van der Waals surface area contributed by atoms with Gasteiger partial charge in [-0.3, -0.25) is 14.5 Å². The highest BCUT2D eigenvalue weighted by molar-refractivity contribution is 6.03. The molecule has 1 aromatic carbocycles. The first-order valence-corrected chi connectivity index (χ1v) is 7.09. The van der Waals surface area contributed by atoms with Crippen molar-refractivity contribution in [1.29, 1.82) is 0 Å². The molecule has 0 aromatic heterocycles. The van der Waals surface area contributed by atoms with Crippen molar-refractivity contribution in [2.24, 2.45) is 0 Å². The van der Waals surface area contributed by atoms with Gasteiger partial charge in [0, 0.05) is 17.8 Å². The van der Waals surface area contributed by atoms with Crippen molar-refractivity contribution in [3.63, 3.8) is 0 Å². The molecule has 0 radical (unpaired) electrons. The number of ether oxygens (including phenoxy) is 1. The number of carbonyl (C=O) groups excluding carboxylic acids is 2. The van der Waals surface area contributed by atoms with Gasteiger partial charge in [0.05, 0.1) is 5.69 Å². The Morgan fingerprint density at radius 1 is 1.52 bits per heavy atom. The molecular formula is C15H21N3O3. The predicted molar refractivity (Wildman–Crippen MR) is 81.2 cm³/mol. The summed E-state index contributed by atoms with van der Waals surface area (Å²) < 4.78 is 5.54. The van der Waals surface area contributed by atoms with Crippen molar-refractivity contribution in [3.05, 3.63) is 18.2 Å². The van der Waals surface area contributed by atoms with Crippen LogP contribution in [0.4, 0.5) is 11.4 Å². The molecular weight excluding hydrogens is 270 g/mol. The number of amides is 2. The summed E-state index contributed by atoms with van der Waals surface area (Å²) >= 11 is 0. The van der Waals surface area contributed by atoms with Crippen molar-refractivity contribution in [1.82, 2.24) is 5.32 Å². The Morgan fingerprint density at radius 2 is 2.24 bits per heavy atom. The topological polar surface area (TPSA) is 84.7 Å². The quantitative estimate of drug-likeness (QED) is 0.819. The Labute approximate surface area is 124 Å². The molecule has 1 aliphatic rings. The smallest absolute Gasteiger partial charge is 0.268 e. The molecule has 1 heterocycles. The largest absolute Gasteiger partial charge is 0.479 e. The molecule has 1 aliphatic heterocycles. The minimum absolute atomic E-state index is 0.0200. The zero-order valence-corrected chi connectivity index (χ0v) is 12.6. The molecule has 1 aromatic rings. The van der Waals surface area contributed by atoms with Gasteiger partial charge in [0.15, 0.2) is 6.10 Å². The van der Waals surface area contributed by atoms with Gasteiger partial charge in [0.25, 0.3) is 5.91 Å². The third-order valence-corrected chi connectivity index (χ3v) is 3.51. The predicted octanol–water partition coefficient (Wildman–Crippen LogP) is 1.30. The second kappa shape index (κ2) is 6.03. The molecule has 2 amide bonds. The van der Waals surface area contributed by atoms with Gasteiger partial charge < -0.3 is 15.8 Å². The zero-order chi connectivity index (χ0) is 15.6. The van der Waals surface area contributed by atoms with Crippen LogP contribution >= 0.6 is 0 Å². The van der Waals surface area contributed by atoms with E-state index < -0.39 is 6.10 Å². The van der Waals surface area contributed by atoms with E-state index in [-0.39, 0.29) is 24.4 Å². The van der Waals surface area contributed by atoms with Crippen LogP contribution in [0.25, 0.3) is 0 Å². The van der Waals surface area contributed by atoms with E-state index in [1.165, 1.54) is 4.90 Å². The average Bonchev–Trinajstić information content (AvgIpc) is 2.43. The number of carbonyl (C=O) groups is 2. The lowest BCUT2D eigenvalue weighted by Crippen LogP contribution is -2.49. The molecule has 2 rings (SSSR count). The number of rotatable bonds is 4. The average molecular weight is 291 g/mol. The summed E-state index contributed by atoms with van der Waals surface area (Å²) in [6, 6.07) is 5.13. The molecule has 0 saturated heterocycles. The number of fused-ring (bicyclic) bond motifs is 1. The molecule has 114 valence electrons. The van der Waals surface area contributed by atoms with Gasteiger partial charge in [0.2, 0.25) is 5.91 Å². The molecule has 3 N–H and O–H groups in total. The Kier molecular flexibility index (Phi) is 4.35. The molecule has 6 heteroatoms. The summed E-state index contributed by atoms with van der Waals surface area (Å²) in [6.07, 6.45) is 0.211. The lowest BCUT2D eigenvalue weighted by Gasteiger charge is -2.32. The molecule has 0 saturated carbocycles. The Bertz CT molecular complexity index is 559. The van der Waals surface area contributed by atoms with Gasteiger partial charge in [-0.2, -0.15) is 0 Å². The van der Waals surface area contributed by atoms with E-state index in [0.717, 1.165) is 6.42 Å². The molecule has 0 fully saturated rings. The van der Waals surface area contributed by atoms with E-state index in [2.05, 4.69) is 5.32 Å². The first kappa shape index (κ1) is 15.2. The van der Waals surface area contributed by atoms with Crippen molar-refractivity contribution >= 4 is 23.2 Å². The van der Waals surface area contributed by atoms with Crippen LogP contribution in [0, 0.1) is 0 Å². The van der Waals surface area contributed by atoms with Crippen molar-refractivity contribution in [2.75, 3.05) is 17.2 Å². The van der Waals surface area contributed by atoms with Crippen LogP contribution in [0.5, 0.6) is 5.75 Å². The maximum atomic E-state index is 12.3. The molecule has 21 heavy (non-hydrogen) atoms. The van der Waals surface area contributed by atoms with Gasteiger partial charge in [-0.1, -0.05) is 6.92 Å². The highest BCUT2D eigenvalue weighted by Gasteiger charge is 2.32. The molecule has 2 unspecified atom stereocenters. The number of nitrogens with one attached hydrogen (secondary N) is 1. The summed E-state index contributed by atoms with van der Waals surface area (Å²) in [6.45, 7) is 5.56. The summed E-state index contributed by atoms with van der Waals surface area (Å²) in [5.41, 5.74) is 6.86. The van der Waals surface area contributed by atoms with Gasteiger partial charge in [-0.25, -0.2) is 0 Å². The number of anilines is 2. The molecule has 2 atom stereocenters. The number of benzene rings is 1. The summed E-state index contributed by atoms with van der Waals surface area (Å²) in [5.74, 6) is 0.111. The van der Waals surface area contributed by atoms with Gasteiger partial charge in [0.1, 0.15) is 12.3 Å². The molecule has 0 bridgehead atoms. The van der Waals surface area contributed by atoms with Crippen LogP contribution in [0.3, 0.4) is 0 Å². The van der Waals surface area contributed by atoms with Crippen molar-refractivity contribution < 1.29 is 14.3 Å². The molecule has 6 nitrogen and oxygen atoms in total. The minimum atomic E-state index is -0.629. The number of nitrogen functional groups attached to an aromatic ring is 1. The highest BCUT2D eigenvalue weighted by Crippen LogP contribution is 2.35. The second-order valence-electron chi connectivity index (χ2n) is 5.29. The standard InChI is InChI=1S/C15H21N3O3/c1-4-9(2)17-14(19)8-18-12-6-5-11(16)7-13(12)21-10(3)15(18)20/h5-7,9-10H,4,8,16H2,1-3H3,(H,17,19). The van der Waals surface area contributed by atoms with E-state index in [4.69, 9.17) is 10.5 Å². The molecule has 0 aliphatic carbocycles. The van der Waals surface area contributed by atoms with Crippen molar-refractivity contribution in [2.45, 2.75) is 39.3 Å². The van der Waals surface area contributed by atoms with E-state index in [9.17, 15) is 9.59 Å². The second-order valence-corrected chi connectivity index (χ2v) is 5.29. The Balaban J connectivity index is 2.22. The SMILES string of the molecule is CCC(C)NC(=O)CN1C(=O)C(C)Oc2cc(N)ccc21.